The van der Waals surface area contributed by atoms with Gasteiger partial charge in [0.15, 0.2) is 0 Å². The Morgan fingerprint density at radius 3 is 2.45 bits per heavy atom. The zero-order chi connectivity index (χ0) is 21.6. The molecule has 11 heteroatoms. The Kier molecular flexibility index (Phi) is 6.89. The lowest BCUT2D eigenvalue weighted by molar-refractivity contribution is -0.385. The van der Waals surface area contributed by atoms with Crippen molar-refractivity contribution in [1.82, 2.24) is 0 Å². The van der Waals surface area contributed by atoms with E-state index in [2.05, 4.69) is 4.74 Å². The minimum atomic E-state index is -4.47. The molecule has 0 radical (unpaired) electrons. The fraction of sp³-hybridized carbons (Fsp3) is 0.222. The number of nitro benzene ring substituents is 1. The number of nitrogens with zero attached hydrogens (tertiary/aromatic N) is 2. The largest absolute Gasteiger partial charge is 0.465 e. The molecule has 0 saturated heterocycles. The van der Waals surface area contributed by atoms with E-state index in [1.807, 2.05) is 0 Å². The van der Waals surface area contributed by atoms with Crippen LogP contribution in [0.4, 0.5) is 11.4 Å². The number of carbonyl (C=O) groups excluding carboxylic acids is 2. The average molecular weight is 422 g/mol. The van der Waals surface area contributed by atoms with Crippen LogP contribution in [0.2, 0.25) is 0 Å². The lowest BCUT2D eigenvalue weighted by atomic mass is 10.2. The number of non-ortho nitro benzene ring substituents is 1. The molecule has 0 unspecified atom stereocenters. The van der Waals surface area contributed by atoms with Crippen LogP contribution >= 0.6 is 0 Å². The number of ether oxygens (including phenoxy) is 2. The van der Waals surface area contributed by atoms with Gasteiger partial charge in [0.2, 0.25) is 0 Å². The van der Waals surface area contributed by atoms with Crippen molar-refractivity contribution in [2.24, 2.45) is 0 Å². The highest BCUT2D eigenvalue weighted by atomic mass is 32.2. The number of sulfonamides is 1. The Morgan fingerprint density at radius 1 is 1.14 bits per heavy atom. The van der Waals surface area contributed by atoms with Gasteiger partial charge >= 0.3 is 11.9 Å². The third kappa shape index (κ3) is 4.88. The van der Waals surface area contributed by atoms with Gasteiger partial charge in [0.1, 0.15) is 6.54 Å². The maximum Gasteiger partial charge on any atom is 0.340 e. The first-order valence-electron chi connectivity index (χ1n) is 8.32. The fourth-order valence-electron chi connectivity index (χ4n) is 2.48. The van der Waals surface area contributed by atoms with Crippen LogP contribution < -0.4 is 4.31 Å². The van der Waals surface area contributed by atoms with Crippen molar-refractivity contribution in [2.75, 3.05) is 24.6 Å². The average Bonchev–Trinajstić information content (AvgIpc) is 2.71. The van der Waals surface area contributed by atoms with E-state index in [9.17, 15) is 28.1 Å². The quantitative estimate of drug-likeness (QED) is 0.359. The van der Waals surface area contributed by atoms with Crippen molar-refractivity contribution in [3.63, 3.8) is 0 Å². The fourth-order valence-corrected chi connectivity index (χ4v) is 3.95. The van der Waals surface area contributed by atoms with Crippen LogP contribution in [0.15, 0.2) is 53.4 Å². The summed E-state index contributed by atoms with van der Waals surface area (Å²) in [5, 5.41) is 11.0. The molecule has 0 bridgehead atoms. The molecular formula is C18H18N2O8S. The van der Waals surface area contributed by atoms with Gasteiger partial charge in [-0.1, -0.05) is 18.2 Å². The third-order valence-corrected chi connectivity index (χ3v) is 5.53. The smallest absolute Gasteiger partial charge is 0.340 e. The summed E-state index contributed by atoms with van der Waals surface area (Å²) in [4.78, 5) is 34.1. The molecule has 0 aliphatic carbocycles. The lowest BCUT2D eigenvalue weighted by Crippen LogP contribution is -2.37. The van der Waals surface area contributed by atoms with E-state index in [1.54, 1.807) is 6.92 Å². The van der Waals surface area contributed by atoms with Crippen molar-refractivity contribution in [2.45, 2.75) is 11.8 Å². The number of para-hydroxylation sites is 1. The van der Waals surface area contributed by atoms with Crippen molar-refractivity contribution >= 4 is 33.3 Å². The highest BCUT2D eigenvalue weighted by molar-refractivity contribution is 7.92. The molecule has 0 aliphatic rings. The highest BCUT2D eigenvalue weighted by Gasteiger charge is 2.31. The lowest BCUT2D eigenvalue weighted by Gasteiger charge is -2.25. The summed E-state index contributed by atoms with van der Waals surface area (Å²) < 4.78 is 36.7. The molecule has 0 fully saturated rings. The van der Waals surface area contributed by atoms with E-state index in [0.717, 1.165) is 25.3 Å². The normalized spacial score (nSPS) is 10.8. The van der Waals surface area contributed by atoms with Gasteiger partial charge in [-0.3, -0.25) is 19.2 Å². The maximum atomic E-state index is 13.3. The first-order valence-corrected chi connectivity index (χ1v) is 9.76. The zero-order valence-electron chi connectivity index (χ0n) is 15.6. The van der Waals surface area contributed by atoms with Gasteiger partial charge in [-0.05, 0) is 25.1 Å². The molecule has 0 amide bonds. The van der Waals surface area contributed by atoms with Gasteiger partial charge in [-0.2, -0.15) is 0 Å². The Balaban J connectivity index is 2.66. The monoisotopic (exact) mass is 422 g/mol. The topological polar surface area (TPSA) is 133 Å². The molecule has 2 aromatic rings. The van der Waals surface area contributed by atoms with Crippen LogP contribution in [0, 0.1) is 10.1 Å². The molecular weight excluding hydrogens is 404 g/mol. The Labute approximate surface area is 166 Å². The minimum absolute atomic E-state index is 0.0160. The molecule has 0 atom stereocenters. The Hall–Kier alpha value is -3.47. The van der Waals surface area contributed by atoms with Gasteiger partial charge in [0, 0.05) is 12.1 Å². The predicted octanol–water partition coefficient (Wildman–Crippen LogP) is 2.14. The molecule has 2 rings (SSSR count). The zero-order valence-corrected chi connectivity index (χ0v) is 16.4. The second-order valence-electron chi connectivity index (χ2n) is 5.58. The molecule has 0 aromatic heterocycles. The van der Waals surface area contributed by atoms with Gasteiger partial charge in [0.05, 0.1) is 34.8 Å². The predicted molar refractivity (Wildman–Crippen MR) is 102 cm³/mol. The number of methoxy groups -OCH3 is 1. The molecule has 0 spiro atoms. The van der Waals surface area contributed by atoms with E-state index >= 15 is 0 Å². The molecule has 10 nitrogen and oxygen atoms in total. The minimum Gasteiger partial charge on any atom is -0.465 e. The summed E-state index contributed by atoms with van der Waals surface area (Å²) >= 11 is 0. The molecule has 0 saturated carbocycles. The number of nitro groups is 1. The van der Waals surface area contributed by atoms with E-state index in [4.69, 9.17) is 4.74 Å². The number of carbonyl (C=O) groups is 2. The number of benzene rings is 2. The summed E-state index contributed by atoms with van der Waals surface area (Å²) in [7, 11) is -3.34. The number of hydrogen-bond acceptors (Lipinski definition) is 8. The van der Waals surface area contributed by atoms with Crippen LogP contribution in [0.5, 0.6) is 0 Å². The van der Waals surface area contributed by atoms with E-state index in [-0.39, 0.29) is 17.9 Å². The van der Waals surface area contributed by atoms with Crippen molar-refractivity contribution < 1.29 is 32.4 Å². The standard InChI is InChI=1S/C18H18N2O8S/c1-3-28-17(21)12-19(16-10-5-4-9-15(16)18(22)27-2)29(25,26)14-8-6-7-13(11-14)20(23)24/h4-11H,3,12H2,1-2H3. The Morgan fingerprint density at radius 2 is 1.83 bits per heavy atom. The van der Waals surface area contributed by atoms with Crippen LogP contribution in [0.1, 0.15) is 17.3 Å². The summed E-state index contributed by atoms with van der Waals surface area (Å²) in [5.41, 5.74) is -0.671. The first-order chi connectivity index (χ1) is 13.7. The second kappa shape index (κ2) is 9.15. The first kappa shape index (κ1) is 21.8. The Bertz CT molecular complexity index is 1040. The molecule has 0 heterocycles. The second-order valence-corrected chi connectivity index (χ2v) is 7.44. The van der Waals surface area contributed by atoms with Crippen molar-refractivity contribution in [1.29, 1.82) is 0 Å². The van der Waals surface area contributed by atoms with Crippen molar-refractivity contribution in [3.05, 3.63) is 64.2 Å². The summed E-state index contributed by atoms with van der Waals surface area (Å²) in [6.45, 7) is 0.828. The van der Waals surface area contributed by atoms with Crippen LogP contribution in [0.3, 0.4) is 0 Å². The van der Waals surface area contributed by atoms with Gasteiger partial charge in [0.25, 0.3) is 15.7 Å². The van der Waals surface area contributed by atoms with E-state index < -0.39 is 44.0 Å². The SMILES string of the molecule is CCOC(=O)CN(c1ccccc1C(=O)OC)S(=O)(=O)c1cccc([N+](=O)[O-])c1. The molecule has 29 heavy (non-hydrogen) atoms. The molecule has 2 aromatic carbocycles. The van der Waals surface area contributed by atoms with Crippen LogP contribution in [-0.2, 0) is 24.3 Å². The summed E-state index contributed by atoms with van der Waals surface area (Å²) in [6.07, 6.45) is 0. The number of hydrogen-bond donors (Lipinski definition) is 0. The number of anilines is 1. The summed E-state index contributed by atoms with van der Waals surface area (Å²) in [5.74, 6) is -1.68. The van der Waals surface area contributed by atoms with Gasteiger partial charge in [-0.25, -0.2) is 13.2 Å². The van der Waals surface area contributed by atoms with Crippen LogP contribution in [0.25, 0.3) is 0 Å². The maximum absolute atomic E-state index is 13.3. The van der Waals surface area contributed by atoms with Crippen molar-refractivity contribution in [3.8, 4) is 0 Å². The highest BCUT2D eigenvalue weighted by Crippen LogP contribution is 2.29. The number of rotatable bonds is 8. The van der Waals surface area contributed by atoms with Gasteiger partial charge < -0.3 is 9.47 Å². The summed E-state index contributed by atoms with van der Waals surface area (Å²) in [6, 6.07) is 10.00. The molecule has 154 valence electrons. The molecule has 0 aliphatic heterocycles. The van der Waals surface area contributed by atoms with E-state index in [1.165, 1.54) is 30.3 Å². The number of esters is 2. The van der Waals surface area contributed by atoms with Crippen LogP contribution in [-0.4, -0.2) is 45.5 Å². The van der Waals surface area contributed by atoms with E-state index in [0.29, 0.717) is 4.31 Å². The third-order valence-electron chi connectivity index (χ3n) is 3.77. The van der Waals surface area contributed by atoms with Gasteiger partial charge in [-0.15, -0.1) is 0 Å². The molecule has 0 N–H and O–H groups in total.